The molecule has 2 heterocycles. The summed E-state index contributed by atoms with van der Waals surface area (Å²) in [6, 6.07) is 12.1. The Morgan fingerprint density at radius 2 is 2.09 bits per heavy atom. The predicted octanol–water partition coefficient (Wildman–Crippen LogP) is 2.84. The fraction of sp³-hybridized carbons (Fsp3) is 0.278. The van der Waals surface area contributed by atoms with Gasteiger partial charge in [0.1, 0.15) is 0 Å². The molecule has 3 rings (SSSR count). The summed E-state index contributed by atoms with van der Waals surface area (Å²) in [5.41, 5.74) is 4.85. The molecule has 1 amide bonds. The highest BCUT2D eigenvalue weighted by Crippen LogP contribution is 2.29. The zero-order valence-corrected chi connectivity index (χ0v) is 13.6. The zero-order chi connectivity index (χ0) is 16.4. The molecule has 5 nitrogen and oxygen atoms in total. The first kappa shape index (κ1) is 15.2. The van der Waals surface area contributed by atoms with Crippen LogP contribution < -0.4 is 5.32 Å². The van der Waals surface area contributed by atoms with Gasteiger partial charge in [0.25, 0.3) is 0 Å². The lowest BCUT2D eigenvalue weighted by atomic mass is 9.90. The van der Waals surface area contributed by atoms with Crippen LogP contribution in [-0.2, 0) is 4.79 Å². The van der Waals surface area contributed by atoms with E-state index in [-0.39, 0.29) is 11.8 Å². The van der Waals surface area contributed by atoms with Gasteiger partial charge in [0, 0.05) is 41.9 Å². The van der Waals surface area contributed by atoms with Gasteiger partial charge in [-0.15, -0.1) is 0 Å². The van der Waals surface area contributed by atoms with E-state index in [9.17, 15) is 4.79 Å². The normalized spacial score (nSPS) is 12.3. The zero-order valence-electron chi connectivity index (χ0n) is 13.6. The van der Waals surface area contributed by atoms with Gasteiger partial charge >= 0.3 is 0 Å². The van der Waals surface area contributed by atoms with E-state index in [0.717, 1.165) is 33.5 Å². The van der Waals surface area contributed by atoms with E-state index in [1.807, 2.05) is 38.1 Å². The summed E-state index contributed by atoms with van der Waals surface area (Å²) >= 11 is 0. The summed E-state index contributed by atoms with van der Waals surface area (Å²) in [6.07, 6.45) is 0.363. The highest BCUT2D eigenvalue weighted by molar-refractivity contribution is 5.82. The third kappa shape index (κ3) is 3.08. The number of pyridine rings is 1. The number of H-pyrrole nitrogens is 1. The molecular formula is C18H20N4O. The van der Waals surface area contributed by atoms with Gasteiger partial charge in [-0.2, -0.15) is 5.10 Å². The summed E-state index contributed by atoms with van der Waals surface area (Å²) < 4.78 is 0. The fourth-order valence-corrected chi connectivity index (χ4v) is 2.82. The Bertz CT molecular complexity index is 853. The molecule has 2 aromatic heterocycles. The van der Waals surface area contributed by atoms with Gasteiger partial charge in [0.2, 0.25) is 5.91 Å². The van der Waals surface area contributed by atoms with Crippen LogP contribution >= 0.6 is 0 Å². The molecule has 5 heteroatoms. The topological polar surface area (TPSA) is 70.7 Å². The van der Waals surface area contributed by atoms with Crippen LogP contribution in [0.3, 0.4) is 0 Å². The van der Waals surface area contributed by atoms with Crippen molar-refractivity contribution in [3.05, 3.63) is 59.0 Å². The molecule has 0 aliphatic carbocycles. The van der Waals surface area contributed by atoms with E-state index in [1.54, 1.807) is 7.05 Å². The van der Waals surface area contributed by atoms with Crippen LogP contribution in [0.4, 0.5) is 0 Å². The molecule has 118 valence electrons. The number of hydrogen-bond donors (Lipinski definition) is 2. The molecule has 3 aromatic rings. The van der Waals surface area contributed by atoms with Gasteiger partial charge in [-0.3, -0.25) is 14.9 Å². The van der Waals surface area contributed by atoms with Crippen molar-refractivity contribution < 1.29 is 4.79 Å². The third-order valence-corrected chi connectivity index (χ3v) is 4.11. The SMILES string of the molecule is CNC(=O)CC(c1ccc2c(C)[nH]nc2c1)c1cccc(C)n1. The quantitative estimate of drug-likeness (QED) is 0.778. The first-order chi connectivity index (χ1) is 11.1. The monoisotopic (exact) mass is 308 g/mol. The smallest absolute Gasteiger partial charge is 0.220 e. The fourth-order valence-electron chi connectivity index (χ4n) is 2.82. The van der Waals surface area contributed by atoms with E-state index < -0.39 is 0 Å². The second-order valence-electron chi connectivity index (χ2n) is 5.76. The molecule has 1 aromatic carbocycles. The van der Waals surface area contributed by atoms with Gasteiger partial charge in [-0.1, -0.05) is 18.2 Å². The van der Waals surface area contributed by atoms with Crippen molar-refractivity contribution in [3.8, 4) is 0 Å². The number of carbonyl (C=O) groups is 1. The standard InChI is InChI=1S/C18H20N4O/c1-11-5-4-6-16(20-11)15(10-18(23)19-3)13-7-8-14-12(2)21-22-17(14)9-13/h4-9,15H,10H2,1-3H3,(H,19,23)(H,21,22). The molecule has 2 N–H and O–H groups in total. The number of rotatable bonds is 4. The molecule has 23 heavy (non-hydrogen) atoms. The number of aryl methyl sites for hydroxylation is 2. The van der Waals surface area contributed by atoms with Gasteiger partial charge < -0.3 is 5.32 Å². The number of nitrogens with one attached hydrogen (secondary N) is 2. The average Bonchev–Trinajstić information content (AvgIpc) is 2.93. The minimum atomic E-state index is -0.0868. The Labute approximate surface area is 135 Å². The minimum absolute atomic E-state index is 0.00314. The number of amides is 1. The summed E-state index contributed by atoms with van der Waals surface area (Å²) in [6.45, 7) is 3.96. The lowest BCUT2D eigenvalue weighted by Gasteiger charge is -2.17. The van der Waals surface area contributed by atoms with Crippen molar-refractivity contribution >= 4 is 16.8 Å². The highest BCUT2D eigenvalue weighted by Gasteiger charge is 2.20. The number of nitrogens with zero attached hydrogens (tertiary/aromatic N) is 2. The molecule has 0 spiro atoms. The van der Waals surface area contributed by atoms with Gasteiger partial charge in [-0.05, 0) is 37.6 Å². The third-order valence-electron chi connectivity index (χ3n) is 4.11. The van der Waals surface area contributed by atoms with Crippen molar-refractivity contribution in [2.75, 3.05) is 7.05 Å². The maximum atomic E-state index is 12.0. The highest BCUT2D eigenvalue weighted by atomic mass is 16.1. The Balaban J connectivity index is 2.06. The van der Waals surface area contributed by atoms with Crippen molar-refractivity contribution in [3.63, 3.8) is 0 Å². The van der Waals surface area contributed by atoms with E-state index in [0.29, 0.717) is 6.42 Å². The van der Waals surface area contributed by atoms with Crippen molar-refractivity contribution in [2.45, 2.75) is 26.2 Å². The number of hydrogen-bond acceptors (Lipinski definition) is 3. The van der Waals surface area contributed by atoms with Crippen molar-refractivity contribution in [1.82, 2.24) is 20.5 Å². The molecule has 0 aliphatic rings. The average molecular weight is 308 g/mol. The van der Waals surface area contributed by atoms with E-state index >= 15 is 0 Å². The lowest BCUT2D eigenvalue weighted by molar-refractivity contribution is -0.120. The minimum Gasteiger partial charge on any atom is -0.359 e. The molecule has 0 aliphatic heterocycles. The van der Waals surface area contributed by atoms with Crippen LogP contribution in [0, 0.1) is 13.8 Å². The van der Waals surface area contributed by atoms with Crippen molar-refractivity contribution in [1.29, 1.82) is 0 Å². The van der Waals surface area contributed by atoms with Crippen LogP contribution in [0.2, 0.25) is 0 Å². The molecule has 0 bridgehead atoms. The Morgan fingerprint density at radius 3 is 2.83 bits per heavy atom. The lowest BCUT2D eigenvalue weighted by Crippen LogP contribution is -2.21. The maximum Gasteiger partial charge on any atom is 0.220 e. The molecule has 0 fully saturated rings. The number of fused-ring (bicyclic) bond motifs is 1. The van der Waals surface area contributed by atoms with Crippen LogP contribution in [0.15, 0.2) is 36.4 Å². The van der Waals surface area contributed by atoms with Crippen LogP contribution in [0.5, 0.6) is 0 Å². The maximum absolute atomic E-state index is 12.0. The van der Waals surface area contributed by atoms with Crippen LogP contribution in [-0.4, -0.2) is 28.1 Å². The Hall–Kier alpha value is -2.69. The molecule has 1 unspecified atom stereocenters. The molecule has 0 radical (unpaired) electrons. The number of aromatic amines is 1. The van der Waals surface area contributed by atoms with Gasteiger partial charge in [-0.25, -0.2) is 0 Å². The summed E-state index contributed by atoms with van der Waals surface area (Å²) in [5.74, 6) is -0.0899. The number of benzene rings is 1. The molecule has 0 saturated heterocycles. The Morgan fingerprint density at radius 1 is 1.26 bits per heavy atom. The number of aromatic nitrogens is 3. The Kier molecular flexibility index (Phi) is 4.10. The largest absolute Gasteiger partial charge is 0.359 e. The van der Waals surface area contributed by atoms with Gasteiger partial charge in [0.05, 0.1) is 5.52 Å². The van der Waals surface area contributed by atoms with E-state index in [2.05, 4.69) is 32.6 Å². The summed E-state index contributed by atoms with van der Waals surface area (Å²) in [5, 5.41) is 11.1. The second-order valence-corrected chi connectivity index (χ2v) is 5.76. The molecule has 1 atom stereocenters. The first-order valence-electron chi connectivity index (χ1n) is 7.67. The van der Waals surface area contributed by atoms with Crippen molar-refractivity contribution in [2.24, 2.45) is 0 Å². The summed E-state index contributed by atoms with van der Waals surface area (Å²) in [4.78, 5) is 16.6. The molecular weight excluding hydrogens is 288 g/mol. The first-order valence-corrected chi connectivity index (χ1v) is 7.67. The predicted molar refractivity (Wildman–Crippen MR) is 90.3 cm³/mol. The summed E-state index contributed by atoms with van der Waals surface area (Å²) in [7, 11) is 1.66. The van der Waals surface area contributed by atoms with Crippen LogP contribution in [0.25, 0.3) is 10.9 Å². The van der Waals surface area contributed by atoms with E-state index in [1.165, 1.54) is 0 Å². The van der Waals surface area contributed by atoms with Gasteiger partial charge in [0.15, 0.2) is 0 Å². The number of carbonyl (C=O) groups excluding carboxylic acids is 1. The van der Waals surface area contributed by atoms with E-state index in [4.69, 9.17) is 0 Å². The van der Waals surface area contributed by atoms with Crippen LogP contribution in [0.1, 0.15) is 35.0 Å². The second kappa shape index (κ2) is 6.20. The molecule has 0 saturated carbocycles.